The second-order valence-corrected chi connectivity index (χ2v) is 7.42. The van der Waals surface area contributed by atoms with E-state index in [1.807, 2.05) is 0 Å². The molecule has 0 amide bonds. The normalized spacial score (nSPS) is 7.57. The van der Waals surface area contributed by atoms with Crippen LogP contribution in [0.3, 0.4) is 0 Å². The zero-order valence-corrected chi connectivity index (χ0v) is 12.1. The molecule has 0 fully saturated rings. The minimum Gasteiger partial charge on any atom is -0.412 e. The van der Waals surface area contributed by atoms with E-state index in [0.29, 0.717) is 0 Å². The first-order valence-corrected chi connectivity index (χ1v) is 5.71. The van der Waals surface area contributed by atoms with Crippen LogP contribution in [0.5, 0.6) is 0 Å². The van der Waals surface area contributed by atoms with Gasteiger partial charge in [-0.2, -0.15) is 0 Å². The summed E-state index contributed by atoms with van der Waals surface area (Å²) in [5, 5.41) is 51.5. The summed E-state index contributed by atoms with van der Waals surface area (Å²) in [5.41, 5.74) is 0. The van der Waals surface area contributed by atoms with Crippen LogP contribution in [0.2, 0.25) is 0 Å². The fourth-order valence-electron chi connectivity index (χ4n) is 0.265. The van der Waals surface area contributed by atoms with Gasteiger partial charge in [0, 0.05) is 0 Å². The average Bonchev–Trinajstić information content (AvgIpc) is 2.26. The van der Waals surface area contributed by atoms with Crippen molar-refractivity contribution in [2.75, 3.05) is 0 Å². The van der Waals surface area contributed by atoms with Gasteiger partial charge in [0.15, 0.2) is 0 Å². The molecule has 20 N–H and O–H groups in total. The minimum atomic E-state index is -6.17. The van der Waals surface area contributed by atoms with Gasteiger partial charge < -0.3 is 54.8 Å². The first-order chi connectivity index (χ1) is 5.97. The summed E-state index contributed by atoms with van der Waals surface area (Å²) < 4.78 is 0. The maximum absolute atomic E-state index is 8.58. The summed E-state index contributed by atoms with van der Waals surface area (Å²) in [6, 6.07) is 0. The molecule has 0 radical (unpaired) electrons. The Hall–Kier alpha value is -2.94. The summed E-state index contributed by atoms with van der Waals surface area (Å²) in [5.74, 6) is 0. The van der Waals surface area contributed by atoms with Crippen molar-refractivity contribution in [1.29, 1.82) is 31.6 Å². The third kappa shape index (κ3) is 7.58. The predicted molar refractivity (Wildman–Crippen MR) is 69.8 cm³/mol. The molecular formula is C6H20FeN6O10. The van der Waals surface area contributed by atoms with Gasteiger partial charge in [0.1, 0.15) is 0 Å². The third-order valence-corrected chi connectivity index (χ3v) is 4.89. The zero-order chi connectivity index (χ0) is 10.7. The van der Waals surface area contributed by atoms with Crippen LogP contribution in [0, 0.1) is 61.4 Å². The van der Waals surface area contributed by atoms with E-state index < -0.39 is 10.7 Å². The second-order valence-electron chi connectivity index (χ2n) is 1.80. The van der Waals surface area contributed by atoms with E-state index in [4.69, 9.17) is 31.6 Å². The molecule has 0 aliphatic carbocycles. The standard InChI is InChI=1S/6CN.Fe.10H2O/c6*1-2;;;;;;;;;;;/h;;;;;;;10*1H2. The third-order valence-electron chi connectivity index (χ3n) is 1.19. The van der Waals surface area contributed by atoms with Crippen LogP contribution >= 0.6 is 0 Å². The maximum atomic E-state index is 8.58. The number of hydrogen-bond donors (Lipinski definition) is 0. The first-order valence-electron chi connectivity index (χ1n) is 2.40. The molecule has 0 heterocycles. The van der Waals surface area contributed by atoms with Crippen molar-refractivity contribution in [3.05, 3.63) is 0 Å². The van der Waals surface area contributed by atoms with Crippen molar-refractivity contribution in [2.24, 2.45) is 0 Å². The van der Waals surface area contributed by atoms with Gasteiger partial charge in [-0.15, -0.1) is 0 Å². The van der Waals surface area contributed by atoms with Crippen LogP contribution in [-0.4, -0.2) is 54.8 Å². The number of rotatable bonds is 0. The van der Waals surface area contributed by atoms with Crippen LogP contribution in [0.15, 0.2) is 0 Å². The largest absolute Gasteiger partial charge is 0.412 e. The topological polar surface area (TPSA) is 458 Å². The molecule has 0 aromatic heterocycles. The Morgan fingerprint density at radius 3 is 0.391 bits per heavy atom. The molecular weight excluding hydrogens is 372 g/mol. The van der Waals surface area contributed by atoms with E-state index in [0.717, 1.165) is 29.8 Å². The SMILES string of the molecule is N#[C][Fe]([C]#N)([C]#N)([C]#N)([C]#N)[C]#N.O.O.O.O.O.O.O.O.O.O. The van der Waals surface area contributed by atoms with E-state index in [2.05, 4.69) is 0 Å². The van der Waals surface area contributed by atoms with Crippen molar-refractivity contribution in [2.45, 2.75) is 0 Å². The molecule has 17 heteroatoms. The van der Waals surface area contributed by atoms with E-state index in [-0.39, 0.29) is 54.8 Å². The first kappa shape index (κ1) is 88.8. The van der Waals surface area contributed by atoms with Gasteiger partial charge in [-0.3, -0.25) is 0 Å². The fourth-order valence-corrected chi connectivity index (χ4v) is 1.09. The van der Waals surface area contributed by atoms with E-state index in [1.165, 1.54) is 0 Å². The van der Waals surface area contributed by atoms with Gasteiger partial charge in [-0.25, -0.2) is 0 Å². The second kappa shape index (κ2) is 19.1. The van der Waals surface area contributed by atoms with Crippen molar-refractivity contribution >= 4 is 0 Å². The zero-order valence-electron chi connectivity index (χ0n) is 11.0. The summed E-state index contributed by atoms with van der Waals surface area (Å²) in [6.07, 6.45) is 0. The fraction of sp³-hybridized carbons (Fsp3) is 0. The molecule has 0 rings (SSSR count). The molecule has 0 aliphatic rings. The van der Waals surface area contributed by atoms with Crippen LogP contribution in [-0.2, 0) is 10.7 Å². The van der Waals surface area contributed by atoms with E-state index in [9.17, 15) is 0 Å². The Bertz CT molecular complexity index is 410. The molecule has 0 unspecified atom stereocenters. The molecule has 0 atom stereocenters. The van der Waals surface area contributed by atoms with Gasteiger partial charge in [-0.05, 0) is 0 Å². The molecule has 0 bridgehead atoms. The van der Waals surface area contributed by atoms with E-state index in [1.54, 1.807) is 0 Å². The summed E-state index contributed by atoms with van der Waals surface area (Å²) in [4.78, 5) is 6.19. The van der Waals surface area contributed by atoms with Crippen molar-refractivity contribution < 1.29 is 65.5 Å². The molecule has 0 aliphatic heterocycles. The number of hydrogen-bond acceptors (Lipinski definition) is 6. The molecule has 142 valence electrons. The van der Waals surface area contributed by atoms with Crippen molar-refractivity contribution in [3.63, 3.8) is 0 Å². The van der Waals surface area contributed by atoms with Crippen molar-refractivity contribution in [3.8, 4) is 29.8 Å². The number of nitrogens with zero attached hydrogens (tertiary/aromatic N) is 6. The van der Waals surface area contributed by atoms with Crippen LogP contribution in [0.4, 0.5) is 0 Å². The molecule has 0 saturated carbocycles. The molecule has 16 nitrogen and oxygen atoms in total. The molecule has 0 saturated heterocycles. The van der Waals surface area contributed by atoms with Crippen LogP contribution in [0.25, 0.3) is 0 Å². The summed E-state index contributed by atoms with van der Waals surface area (Å²) in [6.45, 7) is 0. The Labute approximate surface area is 127 Å². The minimum absolute atomic E-state index is 0. The summed E-state index contributed by atoms with van der Waals surface area (Å²) in [7, 11) is -6.17. The molecule has 0 aromatic rings. The Morgan fingerprint density at radius 1 is 0.304 bits per heavy atom. The summed E-state index contributed by atoms with van der Waals surface area (Å²) >= 11 is 0. The quantitative estimate of drug-likeness (QED) is 0.359. The van der Waals surface area contributed by atoms with Gasteiger partial charge in [0.25, 0.3) is 0 Å². The number of nitriles is 6. The van der Waals surface area contributed by atoms with Crippen LogP contribution in [0.1, 0.15) is 0 Å². The monoisotopic (exact) mass is 392 g/mol. The average molecular weight is 392 g/mol. The Kier molecular flexibility index (Phi) is 73.6. The van der Waals surface area contributed by atoms with Gasteiger partial charge in [-0.1, -0.05) is 0 Å². The van der Waals surface area contributed by atoms with Gasteiger partial charge in [0.2, 0.25) is 0 Å². The van der Waals surface area contributed by atoms with Gasteiger partial charge >= 0.3 is 72.1 Å². The van der Waals surface area contributed by atoms with Crippen LogP contribution < -0.4 is 0 Å². The molecule has 0 aromatic carbocycles. The Morgan fingerprint density at radius 2 is 0.391 bits per heavy atom. The molecule has 0 spiro atoms. The van der Waals surface area contributed by atoms with E-state index >= 15 is 0 Å². The smallest absolute Gasteiger partial charge is 0.412 e. The van der Waals surface area contributed by atoms with Crippen molar-refractivity contribution in [1.82, 2.24) is 0 Å². The predicted octanol–water partition coefficient (Wildman–Crippen LogP) is -8.15. The molecule has 23 heavy (non-hydrogen) atoms. The maximum Gasteiger partial charge on any atom is -0.412 e. The van der Waals surface area contributed by atoms with Gasteiger partial charge in [0.05, 0.1) is 0 Å². The Balaban J connectivity index is -0.0000000160.